The zero-order valence-electron chi connectivity index (χ0n) is 15.7. The van der Waals surface area contributed by atoms with Crippen LogP contribution in [0.5, 0.6) is 5.75 Å². The average Bonchev–Trinajstić information content (AvgIpc) is 3.12. The van der Waals surface area contributed by atoms with Crippen LogP contribution in [0.3, 0.4) is 0 Å². The molecule has 2 heterocycles. The van der Waals surface area contributed by atoms with E-state index in [1.165, 1.54) is 18.4 Å². The predicted molar refractivity (Wildman–Crippen MR) is 112 cm³/mol. The van der Waals surface area contributed by atoms with Crippen molar-refractivity contribution in [2.75, 3.05) is 17.8 Å². The van der Waals surface area contributed by atoms with Crippen molar-refractivity contribution in [1.29, 1.82) is 0 Å². The van der Waals surface area contributed by atoms with Crippen LogP contribution in [0.2, 0.25) is 0 Å². The second-order valence-electron chi connectivity index (χ2n) is 6.90. The molecule has 1 aliphatic rings. The second-order valence-corrected chi connectivity index (χ2v) is 8.58. The van der Waals surface area contributed by atoms with Crippen molar-refractivity contribution >= 4 is 39.1 Å². The van der Waals surface area contributed by atoms with Gasteiger partial charge in [-0.25, -0.2) is 12.8 Å². The molecule has 2 unspecified atom stereocenters. The van der Waals surface area contributed by atoms with Gasteiger partial charge >= 0.3 is 0 Å². The van der Waals surface area contributed by atoms with Gasteiger partial charge in [-0.1, -0.05) is 12.1 Å². The summed E-state index contributed by atoms with van der Waals surface area (Å²) < 4.78 is 53.6. The van der Waals surface area contributed by atoms with Crippen molar-refractivity contribution in [3.8, 4) is 5.75 Å². The van der Waals surface area contributed by atoms with Crippen LogP contribution in [-0.4, -0.2) is 33.8 Å². The smallest absolute Gasteiger partial charge is 0.261 e. The number of anilines is 1. The Morgan fingerprint density at radius 1 is 1.24 bits per heavy atom. The van der Waals surface area contributed by atoms with Gasteiger partial charge in [-0.05, 0) is 49.7 Å². The number of hydrogen-bond acceptors (Lipinski definition) is 5. The third kappa shape index (κ3) is 4.66. The fourth-order valence-corrected chi connectivity index (χ4v) is 4.43. The van der Waals surface area contributed by atoms with Crippen LogP contribution in [0.1, 0.15) is 12.0 Å². The molecule has 156 valence electrons. The lowest BCUT2D eigenvalue weighted by Gasteiger charge is -2.27. The molecule has 29 heavy (non-hydrogen) atoms. The zero-order chi connectivity index (χ0) is 19.7. The van der Waals surface area contributed by atoms with Crippen LogP contribution >= 0.6 is 12.4 Å². The number of sulfonamides is 1. The number of ether oxygens (including phenoxy) is 1. The van der Waals surface area contributed by atoms with E-state index in [1.54, 1.807) is 24.3 Å². The number of fused-ring (bicyclic) bond motifs is 1. The number of alkyl halides is 1. The summed E-state index contributed by atoms with van der Waals surface area (Å²) in [5.74, 6) is 0.319. The number of aryl methyl sites for hydroxylation is 1. The number of piperidine rings is 1. The third-order valence-corrected chi connectivity index (χ3v) is 6.07. The molecular formula is C20H22ClFN2O4S. The number of halogens is 2. The van der Waals surface area contributed by atoms with Gasteiger partial charge in [-0.15, -0.1) is 12.4 Å². The van der Waals surface area contributed by atoms with Gasteiger partial charge in [0.2, 0.25) is 0 Å². The number of nitrogens with one attached hydrogen (secondary N) is 2. The molecule has 4 rings (SSSR count). The number of hydrogen-bond donors (Lipinski definition) is 2. The molecule has 1 saturated heterocycles. The maximum absolute atomic E-state index is 14.2. The summed E-state index contributed by atoms with van der Waals surface area (Å²) in [6, 6.07) is 11.6. The first-order valence-electron chi connectivity index (χ1n) is 9.04. The summed E-state index contributed by atoms with van der Waals surface area (Å²) in [5, 5.41) is 3.65. The van der Waals surface area contributed by atoms with E-state index in [1.807, 2.05) is 13.0 Å². The van der Waals surface area contributed by atoms with E-state index in [0.29, 0.717) is 35.4 Å². The lowest BCUT2D eigenvalue weighted by Crippen LogP contribution is -2.44. The Morgan fingerprint density at radius 2 is 2.07 bits per heavy atom. The van der Waals surface area contributed by atoms with Crippen LogP contribution in [0, 0.1) is 6.92 Å². The Hall–Kier alpha value is -2.29. The number of benzene rings is 2. The van der Waals surface area contributed by atoms with Gasteiger partial charge in [0.05, 0.1) is 16.8 Å². The van der Waals surface area contributed by atoms with Gasteiger partial charge in [-0.3, -0.25) is 4.72 Å². The minimum atomic E-state index is -3.77. The van der Waals surface area contributed by atoms with Crippen molar-refractivity contribution in [2.45, 2.75) is 30.5 Å². The van der Waals surface area contributed by atoms with Crippen LogP contribution in [0.25, 0.3) is 11.0 Å². The molecule has 1 aromatic heterocycles. The topological polar surface area (TPSA) is 80.6 Å². The lowest BCUT2D eigenvalue weighted by molar-refractivity contribution is 0.0736. The molecule has 0 saturated carbocycles. The van der Waals surface area contributed by atoms with Gasteiger partial charge in [0.15, 0.2) is 11.3 Å². The van der Waals surface area contributed by atoms with Crippen LogP contribution in [0.4, 0.5) is 10.1 Å². The summed E-state index contributed by atoms with van der Waals surface area (Å²) in [6.45, 7) is 2.71. The molecule has 1 fully saturated rings. The first-order chi connectivity index (χ1) is 13.4. The lowest BCUT2D eigenvalue weighted by atomic mass is 10.1. The van der Waals surface area contributed by atoms with Crippen molar-refractivity contribution < 1.29 is 22.0 Å². The van der Waals surface area contributed by atoms with Crippen LogP contribution in [0.15, 0.2) is 58.0 Å². The Morgan fingerprint density at radius 3 is 2.83 bits per heavy atom. The molecule has 1 aliphatic heterocycles. The standard InChI is InChI=1S/C20H21FN2O4S.ClH/c1-13-3-2-4-16(9-13)28(24,25)23-15-10-14-6-8-26-20(14)19(11-15)27-18-5-7-22-12-17(18)21;/h2-4,6,8-11,17-18,22-23H,5,7,12H2,1H3;1H. The second kappa shape index (κ2) is 8.61. The molecule has 0 bridgehead atoms. The summed E-state index contributed by atoms with van der Waals surface area (Å²) >= 11 is 0. The molecule has 0 aliphatic carbocycles. The first kappa shape index (κ1) is 21.4. The van der Waals surface area contributed by atoms with Gasteiger partial charge in [0.25, 0.3) is 10.0 Å². The van der Waals surface area contributed by atoms with Crippen molar-refractivity contribution in [3.63, 3.8) is 0 Å². The van der Waals surface area contributed by atoms with E-state index in [-0.39, 0.29) is 23.8 Å². The van der Waals surface area contributed by atoms with Crippen molar-refractivity contribution in [1.82, 2.24) is 5.32 Å². The largest absolute Gasteiger partial charge is 0.483 e. The van der Waals surface area contributed by atoms with Crippen molar-refractivity contribution in [2.24, 2.45) is 0 Å². The van der Waals surface area contributed by atoms with E-state index in [0.717, 1.165) is 5.56 Å². The van der Waals surface area contributed by atoms with Crippen LogP contribution in [-0.2, 0) is 10.0 Å². The van der Waals surface area contributed by atoms with E-state index in [4.69, 9.17) is 9.15 Å². The molecule has 0 amide bonds. The van der Waals surface area contributed by atoms with E-state index in [9.17, 15) is 12.8 Å². The van der Waals surface area contributed by atoms with E-state index < -0.39 is 22.3 Å². The average molecular weight is 441 g/mol. The molecule has 2 aromatic carbocycles. The monoisotopic (exact) mass is 440 g/mol. The fraction of sp³-hybridized carbons (Fsp3) is 0.300. The Labute approximate surface area is 174 Å². The van der Waals surface area contributed by atoms with Gasteiger partial charge in [0, 0.05) is 18.0 Å². The first-order valence-corrected chi connectivity index (χ1v) is 10.5. The fourth-order valence-electron chi connectivity index (χ4n) is 3.28. The van der Waals surface area contributed by atoms with Crippen molar-refractivity contribution in [3.05, 3.63) is 54.3 Å². The highest BCUT2D eigenvalue weighted by Gasteiger charge is 2.27. The Kier molecular flexibility index (Phi) is 6.36. The maximum atomic E-state index is 14.2. The molecule has 6 nitrogen and oxygen atoms in total. The van der Waals surface area contributed by atoms with Gasteiger partial charge in [0.1, 0.15) is 12.3 Å². The highest BCUT2D eigenvalue weighted by molar-refractivity contribution is 7.92. The molecule has 2 atom stereocenters. The highest BCUT2D eigenvalue weighted by Crippen LogP contribution is 2.33. The van der Waals surface area contributed by atoms with E-state index in [2.05, 4.69) is 10.0 Å². The molecular weight excluding hydrogens is 419 g/mol. The Balaban J connectivity index is 0.00000240. The highest BCUT2D eigenvalue weighted by atomic mass is 35.5. The SMILES string of the molecule is Cc1cccc(S(=O)(=O)Nc2cc(OC3CCNCC3F)c3occc3c2)c1.Cl. The van der Waals surface area contributed by atoms with Gasteiger partial charge in [-0.2, -0.15) is 0 Å². The molecule has 0 radical (unpaired) electrons. The summed E-state index contributed by atoms with van der Waals surface area (Å²) in [6.07, 6.45) is 0.249. The van der Waals surface area contributed by atoms with E-state index >= 15 is 0 Å². The molecule has 2 N–H and O–H groups in total. The maximum Gasteiger partial charge on any atom is 0.261 e. The number of furan rings is 1. The minimum Gasteiger partial charge on any atom is -0.483 e. The zero-order valence-corrected chi connectivity index (χ0v) is 17.4. The quantitative estimate of drug-likeness (QED) is 0.625. The third-order valence-electron chi connectivity index (χ3n) is 4.70. The molecule has 3 aromatic rings. The minimum absolute atomic E-state index is 0. The normalized spacial score (nSPS) is 19.5. The summed E-state index contributed by atoms with van der Waals surface area (Å²) in [5.41, 5.74) is 1.64. The van der Waals surface area contributed by atoms with Crippen LogP contribution < -0.4 is 14.8 Å². The number of rotatable bonds is 5. The predicted octanol–water partition coefficient (Wildman–Crippen LogP) is 4.04. The molecule has 0 spiro atoms. The Bertz CT molecular complexity index is 1100. The van der Waals surface area contributed by atoms with Gasteiger partial charge < -0.3 is 14.5 Å². The molecule has 9 heteroatoms. The summed E-state index contributed by atoms with van der Waals surface area (Å²) in [7, 11) is -3.77. The summed E-state index contributed by atoms with van der Waals surface area (Å²) in [4.78, 5) is 0.171.